The highest BCUT2D eigenvalue weighted by molar-refractivity contribution is 7.80. The van der Waals surface area contributed by atoms with Crippen LogP contribution in [-0.2, 0) is 0 Å². The van der Waals surface area contributed by atoms with Crippen molar-refractivity contribution in [2.45, 2.75) is 12.4 Å². The zero-order valence-electron chi connectivity index (χ0n) is 10.0. The lowest BCUT2D eigenvalue weighted by Crippen LogP contribution is -2.36. The van der Waals surface area contributed by atoms with E-state index >= 15 is 0 Å². The lowest BCUT2D eigenvalue weighted by atomic mass is 10.1. The number of anilines is 1. The van der Waals surface area contributed by atoms with E-state index in [0.29, 0.717) is 5.75 Å². The minimum absolute atomic E-state index is 0.0370. The van der Waals surface area contributed by atoms with Crippen LogP contribution in [0.3, 0.4) is 0 Å². The fourth-order valence-electron chi connectivity index (χ4n) is 1.28. The Morgan fingerprint density at radius 2 is 2.05 bits per heavy atom. The molecule has 1 rings (SSSR count). The number of amides is 1. The second kappa shape index (κ2) is 6.80. The lowest BCUT2D eigenvalue weighted by molar-refractivity contribution is -0.194. The maximum absolute atomic E-state index is 13.3. The van der Waals surface area contributed by atoms with Crippen LogP contribution in [0.15, 0.2) is 18.2 Å². The van der Waals surface area contributed by atoms with E-state index in [2.05, 4.69) is 17.9 Å². The quantitative estimate of drug-likeness (QED) is 0.381. The van der Waals surface area contributed by atoms with E-state index in [0.717, 1.165) is 18.2 Å². The molecule has 0 saturated heterocycles. The molecule has 0 fully saturated rings. The van der Waals surface area contributed by atoms with Gasteiger partial charge in [0.15, 0.2) is 0 Å². The molecule has 1 aromatic carbocycles. The second-order valence-electron chi connectivity index (χ2n) is 3.76. The molecule has 9 heteroatoms. The fourth-order valence-corrected chi connectivity index (χ4v) is 1.39. The molecule has 0 spiro atoms. The third kappa shape index (κ3) is 4.57. The van der Waals surface area contributed by atoms with E-state index in [-0.39, 0.29) is 12.1 Å². The van der Waals surface area contributed by atoms with Crippen LogP contribution in [-0.4, -0.2) is 35.7 Å². The predicted octanol–water partition coefficient (Wildman–Crippen LogP) is 1.78. The molecule has 3 N–H and O–H groups in total. The number of rotatable bonds is 5. The Balaban J connectivity index is 2.89. The zero-order valence-corrected chi connectivity index (χ0v) is 10.9. The van der Waals surface area contributed by atoms with Crippen LogP contribution in [0.2, 0.25) is 0 Å². The van der Waals surface area contributed by atoms with Crippen molar-refractivity contribution in [2.24, 2.45) is 0 Å². The van der Waals surface area contributed by atoms with Gasteiger partial charge < -0.3 is 15.7 Å². The third-order valence-corrected chi connectivity index (χ3v) is 2.45. The molecule has 0 aliphatic carbocycles. The number of nitrogens with one attached hydrogen (secondary N) is 2. The number of hydrogen-bond donors (Lipinski definition) is 4. The second-order valence-corrected chi connectivity index (χ2v) is 4.21. The molecule has 1 atom stereocenters. The molecule has 20 heavy (non-hydrogen) atoms. The summed E-state index contributed by atoms with van der Waals surface area (Å²) in [6, 6.07) is 2.84. The molecule has 112 valence electrons. The summed E-state index contributed by atoms with van der Waals surface area (Å²) in [5.41, 5.74) is -0.654. The van der Waals surface area contributed by atoms with Crippen LogP contribution in [0, 0.1) is 5.82 Å². The van der Waals surface area contributed by atoms with E-state index in [1.54, 1.807) is 5.32 Å². The first-order chi connectivity index (χ1) is 9.25. The summed E-state index contributed by atoms with van der Waals surface area (Å²) >= 11 is 3.88. The van der Waals surface area contributed by atoms with Crippen LogP contribution in [0.25, 0.3) is 0 Å². The predicted molar refractivity (Wildman–Crippen MR) is 68.3 cm³/mol. The normalized spacial score (nSPS) is 12.9. The highest BCUT2D eigenvalue weighted by Crippen LogP contribution is 2.24. The molecular weight excluding hydrogens is 300 g/mol. The Morgan fingerprint density at radius 3 is 2.60 bits per heavy atom. The van der Waals surface area contributed by atoms with Gasteiger partial charge in [-0.05, 0) is 18.2 Å². The van der Waals surface area contributed by atoms with Crippen LogP contribution in [0.4, 0.5) is 23.2 Å². The first-order valence-electron chi connectivity index (χ1n) is 5.45. The summed E-state index contributed by atoms with van der Waals surface area (Å²) in [5.74, 6) is -1.21. The topological polar surface area (TPSA) is 61.4 Å². The zero-order chi connectivity index (χ0) is 15.3. The molecule has 1 unspecified atom stereocenters. The van der Waals surface area contributed by atoms with Gasteiger partial charge >= 0.3 is 6.18 Å². The van der Waals surface area contributed by atoms with Crippen molar-refractivity contribution in [3.8, 4) is 0 Å². The van der Waals surface area contributed by atoms with Crippen molar-refractivity contribution in [3.05, 3.63) is 29.6 Å². The van der Waals surface area contributed by atoms with Crippen molar-refractivity contribution in [3.63, 3.8) is 0 Å². The van der Waals surface area contributed by atoms with Crippen molar-refractivity contribution in [1.29, 1.82) is 0 Å². The van der Waals surface area contributed by atoms with Gasteiger partial charge in [0.1, 0.15) is 5.82 Å². The van der Waals surface area contributed by atoms with Gasteiger partial charge in [-0.2, -0.15) is 25.8 Å². The molecule has 1 amide bonds. The Kier molecular flexibility index (Phi) is 5.63. The standard InChI is InChI=1S/C11H12F4N2O2S/c12-7-2-1-6(9(18)16-3-4-20)5-8(7)17-10(19)11(13,14)15/h1-2,5,10,17,19-20H,3-4H2,(H,16,18). The van der Waals surface area contributed by atoms with Gasteiger partial charge in [0.2, 0.25) is 6.23 Å². The fraction of sp³-hybridized carbons (Fsp3) is 0.364. The number of benzene rings is 1. The van der Waals surface area contributed by atoms with E-state index in [9.17, 15) is 22.4 Å². The number of hydrogen-bond acceptors (Lipinski definition) is 4. The van der Waals surface area contributed by atoms with Gasteiger partial charge in [0.25, 0.3) is 5.91 Å². The van der Waals surface area contributed by atoms with Gasteiger partial charge in [-0.25, -0.2) is 4.39 Å². The number of alkyl halides is 3. The maximum atomic E-state index is 13.3. The molecule has 4 nitrogen and oxygen atoms in total. The number of aliphatic hydroxyl groups excluding tert-OH is 1. The first kappa shape index (κ1) is 16.6. The third-order valence-electron chi connectivity index (χ3n) is 2.23. The summed E-state index contributed by atoms with van der Waals surface area (Å²) in [6.07, 6.45) is -7.87. The van der Waals surface area contributed by atoms with Crippen LogP contribution >= 0.6 is 12.6 Å². The van der Waals surface area contributed by atoms with Gasteiger partial charge in [0.05, 0.1) is 5.69 Å². The Labute approximate surface area is 117 Å². The monoisotopic (exact) mass is 312 g/mol. The summed E-state index contributed by atoms with van der Waals surface area (Å²) in [6.45, 7) is 0.257. The van der Waals surface area contributed by atoms with E-state index in [1.165, 1.54) is 0 Å². The number of carbonyl (C=O) groups is 1. The van der Waals surface area contributed by atoms with Gasteiger partial charge in [0, 0.05) is 17.9 Å². The van der Waals surface area contributed by atoms with Crippen LogP contribution < -0.4 is 10.6 Å². The molecule has 0 aliphatic rings. The van der Waals surface area contributed by atoms with Crippen LogP contribution in [0.1, 0.15) is 10.4 Å². The molecule has 0 heterocycles. The summed E-state index contributed by atoms with van der Waals surface area (Å²) in [7, 11) is 0. The van der Waals surface area contributed by atoms with Crippen molar-refractivity contribution in [2.75, 3.05) is 17.6 Å². The average Bonchev–Trinajstić information content (AvgIpc) is 2.37. The Bertz CT molecular complexity index is 482. The number of thiol groups is 1. The smallest absolute Gasteiger partial charge is 0.366 e. The average molecular weight is 312 g/mol. The highest BCUT2D eigenvalue weighted by Gasteiger charge is 2.38. The first-order valence-corrected chi connectivity index (χ1v) is 6.09. The summed E-state index contributed by atoms with van der Waals surface area (Å²) in [5, 5.41) is 12.8. The molecular formula is C11H12F4N2O2S. The molecule has 1 aromatic rings. The summed E-state index contributed by atoms with van der Waals surface area (Å²) in [4.78, 5) is 11.6. The largest absolute Gasteiger partial charge is 0.433 e. The van der Waals surface area contributed by atoms with Crippen molar-refractivity contribution < 1.29 is 27.5 Å². The minimum atomic E-state index is -4.95. The molecule has 0 aliphatic heterocycles. The lowest BCUT2D eigenvalue weighted by Gasteiger charge is -2.18. The molecule has 0 aromatic heterocycles. The Morgan fingerprint density at radius 1 is 1.40 bits per heavy atom. The highest BCUT2D eigenvalue weighted by atomic mass is 32.1. The van der Waals surface area contributed by atoms with Gasteiger partial charge in [-0.1, -0.05) is 0 Å². The minimum Gasteiger partial charge on any atom is -0.366 e. The number of carbonyl (C=O) groups excluding carboxylic acids is 1. The van der Waals surface area contributed by atoms with Crippen LogP contribution in [0.5, 0.6) is 0 Å². The van der Waals surface area contributed by atoms with Crippen molar-refractivity contribution in [1.82, 2.24) is 5.32 Å². The SMILES string of the molecule is O=C(NCCS)c1ccc(F)c(NC(O)C(F)(F)F)c1. The number of aliphatic hydroxyl groups is 1. The molecule has 0 radical (unpaired) electrons. The van der Waals surface area contributed by atoms with E-state index in [1.807, 2.05) is 0 Å². The Hall–Kier alpha value is -1.48. The summed E-state index contributed by atoms with van der Waals surface area (Å²) < 4.78 is 49.9. The van der Waals surface area contributed by atoms with Crippen molar-refractivity contribution >= 4 is 24.2 Å². The maximum Gasteiger partial charge on any atom is 0.433 e. The van der Waals surface area contributed by atoms with Gasteiger partial charge in [-0.15, -0.1) is 0 Å². The van der Waals surface area contributed by atoms with E-state index in [4.69, 9.17) is 5.11 Å². The van der Waals surface area contributed by atoms with E-state index < -0.39 is 29.8 Å². The molecule has 0 saturated carbocycles. The van der Waals surface area contributed by atoms with Gasteiger partial charge in [-0.3, -0.25) is 4.79 Å². The molecule has 0 bridgehead atoms. The number of halogens is 4.